The number of ether oxygens (including phenoxy) is 1. The number of anilines is 1. The molecule has 2 aromatic heterocycles. The zero-order valence-corrected chi connectivity index (χ0v) is 17.9. The molecule has 3 unspecified atom stereocenters. The number of rotatable bonds is 6. The minimum Gasteiger partial charge on any atom is -0.489 e. The van der Waals surface area contributed by atoms with Crippen LogP contribution in [0.2, 0.25) is 0 Å². The average Bonchev–Trinajstić information content (AvgIpc) is 3.40. The Bertz CT molecular complexity index is 1220. The lowest BCUT2D eigenvalue weighted by Gasteiger charge is -2.18. The van der Waals surface area contributed by atoms with E-state index in [9.17, 15) is 4.39 Å². The Morgan fingerprint density at radius 1 is 1.12 bits per heavy atom. The van der Waals surface area contributed by atoms with Gasteiger partial charge < -0.3 is 15.8 Å². The van der Waals surface area contributed by atoms with E-state index < -0.39 is 0 Å². The minimum absolute atomic E-state index is 0.0898. The first-order valence-electron chi connectivity index (χ1n) is 11.0. The van der Waals surface area contributed by atoms with Crippen molar-refractivity contribution in [1.82, 2.24) is 14.6 Å². The number of nitrogens with two attached hydrogens (primary N) is 1. The Kier molecular flexibility index (Phi) is 5.49. The lowest BCUT2D eigenvalue weighted by Crippen LogP contribution is -2.33. The summed E-state index contributed by atoms with van der Waals surface area (Å²) in [5, 5.41) is 8.06. The van der Waals surface area contributed by atoms with Gasteiger partial charge in [0.25, 0.3) is 0 Å². The lowest BCUT2D eigenvalue weighted by atomic mass is 10.1. The number of imidazole rings is 1. The number of aromatic nitrogens is 3. The highest BCUT2D eigenvalue weighted by Gasteiger charge is 2.25. The van der Waals surface area contributed by atoms with Crippen molar-refractivity contribution in [3.63, 3.8) is 0 Å². The Labute approximate surface area is 186 Å². The maximum atomic E-state index is 13.6. The third-order valence-electron chi connectivity index (χ3n) is 6.02. The predicted octanol–water partition coefficient (Wildman–Crippen LogP) is 4.97. The van der Waals surface area contributed by atoms with Crippen LogP contribution in [0, 0.1) is 5.82 Å². The van der Waals surface area contributed by atoms with Crippen molar-refractivity contribution in [2.75, 3.05) is 5.32 Å². The van der Waals surface area contributed by atoms with Crippen LogP contribution in [-0.4, -0.2) is 26.7 Å². The van der Waals surface area contributed by atoms with Crippen molar-refractivity contribution in [3.8, 4) is 17.0 Å². The zero-order chi connectivity index (χ0) is 22.1. The highest BCUT2D eigenvalue weighted by molar-refractivity contribution is 5.64. The molecule has 1 aliphatic carbocycles. The fourth-order valence-electron chi connectivity index (χ4n) is 4.21. The van der Waals surface area contributed by atoms with Gasteiger partial charge in [-0.3, -0.25) is 0 Å². The van der Waals surface area contributed by atoms with E-state index >= 15 is 0 Å². The minimum atomic E-state index is -0.251. The molecule has 1 fully saturated rings. The van der Waals surface area contributed by atoms with Crippen LogP contribution in [0.25, 0.3) is 16.9 Å². The van der Waals surface area contributed by atoms with Crippen molar-refractivity contribution in [2.45, 2.75) is 44.4 Å². The summed E-state index contributed by atoms with van der Waals surface area (Å²) < 4.78 is 21.4. The van der Waals surface area contributed by atoms with Crippen LogP contribution >= 0.6 is 0 Å². The summed E-state index contributed by atoms with van der Waals surface area (Å²) in [6, 6.07) is 18.3. The van der Waals surface area contributed by atoms with Gasteiger partial charge in [0.05, 0.1) is 17.9 Å². The number of halogens is 1. The fraction of sp³-hybridized carbons (Fsp3) is 0.280. The quantitative estimate of drug-likeness (QED) is 0.451. The maximum absolute atomic E-state index is 13.6. The van der Waals surface area contributed by atoms with Gasteiger partial charge in [-0.2, -0.15) is 0 Å². The van der Waals surface area contributed by atoms with Crippen molar-refractivity contribution in [3.05, 3.63) is 78.2 Å². The summed E-state index contributed by atoms with van der Waals surface area (Å²) >= 11 is 0. The summed E-state index contributed by atoms with van der Waals surface area (Å²) in [5.74, 6) is 1.26. The summed E-state index contributed by atoms with van der Waals surface area (Å²) in [5.41, 5.74) is 9.60. The molecule has 7 heteroatoms. The molecule has 0 saturated heterocycles. The molecule has 2 aromatic carbocycles. The van der Waals surface area contributed by atoms with Gasteiger partial charge in [-0.25, -0.2) is 13.9 Å². The second-order valence-corrected chi connectivity index (χ2v) is 8.33. The lowest BCUT2D eigenvalue weighted by molar-refractivity contribution is 0.191. The Morgan fingerprint density at radius 2 is 1.97 bits per heavy atom. The first kappa shape index (κ1) is 20.5. The maximum Gasteiger partial charge on any atom is 0.154 e. The smallest absolute Gasteiger partial charge is 0.154 e. The van der Waals surface area contributed by atoms with Gasteiger partial charge in [-0.1, -0.05) is 12.1 Å². The molecule has 32 heavy (non-hydrogen) atoms. The normalized spacial score (nSPS) is 19.2. The number of nitrogens with one attached hydrogen (secondary N) is 1. The van der Waals surface area contributed by atoms with Gasteiger partial charge in [0.15, 0.2) is 5.65 Å². The molecule has 164 valence electrons. The van der Waals surface area contributed by atoms with Gasteiger partial charge in [-0.15, -0.1) is 5.10 Å². The predicted molar refractivity (Wildman–Crippen MR) is 123 cm³/mol. The van der Waals surface area contributed by atoms with Crippen molar-refractivity contribution < 1.29 is 9.13 Å². The van der Waals surface area contributed by atoms with E-state index in [1.54, 1.807) is 6.07 Å². The second kappa shape index (κ2) is 8.59. The largest absolute Gasteiger partial charge is 0.489 e. The van der Waals surface area contributed by atoms with Crippen LogP contribution in [-0.2, 0) is 0 Å². The number of hydrogen-bond donors (Lipinski definition) is 2. The Morgan fingerprint density at radius 3 is 2.72 bits per heavy atom. The summed E-state index contributed by atoms with van der Waals surface area (Å²) in [7, 11) is 0. The molecule has 0 radical (unpaired) electrons. The molecule has 3 N–H and O–H groups in total. The van der Waals surface area contributed by atoms with Gasteiger partial charge in [0, 0.05) is 11.6 Å². The van der Waals surface area contributed by atoms with E-state index in [0.29, 0.717) is 5.82 Å². The molecular formula is C25H26FN5O. The summed E-state index contributed by atoms with van der Waals surface area (Å²) in [6.45, 7) is 1.98. The van der Waals surface area contributed by atoms with Crippen LogP contribution in [0.15, 0.2) is 66.9 Å². The Hall–Kier alpha value is -3.45. The highest BCUT2D eigenvalue weighted by Crippen LogP contribution is 2.27. The SMILES string of the molecule is CC(Nc1ccc2ncc(-c3ccc(OC4CCCC4N)cc3)n2n1)c1cccc(F)c1. The third-order valence-corrected chi connectivity index (χ3v) is 6.02. The summed E-state index contributed by atoms with van der Waals surface area (Å²) in [6.07, 6.45) is 5.04. The van der Waals surface area contributed by atoms with Gasteiger partial charge in [0.2, 0.25) is 0 Å². The molecule has 0 spiro atoms. The third kappa shape index (κ3) is 4.16. The van der Waals surface area contributed by atoms with Crippen LogP contribution in [0.5, 0.6) is 5.75 Å². The second-order valence-electron chi connectivity index (χ2n) is 8.33. The molecule has 1 aliphatic rings. The van der Waals surface area contributed by atoms with E-state index in [-0.39, 0.29) is 24.0 Å². The van der Waals surface area contributed by atoms with Crippen LogP contribution in [0.1, 0.15) is 37.8 Å². The molecule has 0 amide bonds. The fourth-order valence-corrected chi connectivity index (χ4v) is 4.21. The molecule has 4 aromatic rings. The van der Waals surface area contributed by atoms with Crippen molar-refractivity contribution in [2.24, 2.45) is 5.73 Å². The van der Waals surface area contributed by atoms with Crippen molar-refractivity contribution in [1.29, 1.82) is 0 Å². The molecule has 0 aliphatic heterocycles. The highest BCUT2D eigenvalue weighted by atomic mass is 19.1. The average molecular weight is 432 g/mol. The molecule has 1 saturated carbocycles. The van der Waals surface area contributed by atoms with Crippen molar-refractivity contribution >= 4 is 11.5 Å². The number of fused-ring (bicyclic) bond motifs is 1. The molecule has 2 heterocycles. The number of hydrogen-bond acceptors (Lipinski definition) is 5. The van der Waals surface area contributed by atoms with E-state index in [2.05, 4.69) is 10.3 Å². The molecule has 0 bridgehead atoms. The van der Waals surface area contributed by atoms with Gasteiger partial charge in [-0.05, 0) is 80.3 Å². The summed E-state index contributed by atoms with van der Waals surface area (Å²) in [4.78, 5) is 4.48. The number of benzene rings is 2. The van der Waals surface area contributed by atoms with E-state index in [0.717, 1.165) is 47.5 Å². The molecule has 5 rings (SSSR count). The van der Waals surface area contributed by atoms with Crippen LogP contribution in [0.4, 0.5) is 10.2 Å². The van der Waals surface area contributed by atoms with Gasteiger partial charge >= 0.3 is 0 Å². The van der Waals surface area contributed by atoms with Gasteiger partial charge in [0.1, 0.15) is 23.5 Å². The van der Waals surface area contributed by atoms with E-state index in [1.807, 2.05) is 60.1 Å². The zero-order valence-electron chi connectivity index (χ0n) is 17.9. The van der Waals surface area contributed by atoms with E-state index in [4.69, 9.17) is 15.6 Å². The Balaban J connectivity index is 1.36. The standard InChI is InChI=1S/C25H26FN5O/c1-16(18-4-2-5-19(26)14-18)29-24-12-13-25-28-15-22(31(25)30-24)17-8-10-20(11-9-17)32-23-7-3-6-21(23)27/h2,4-5,8-16,21,23H,3,6-7,27H2,1H3,(H,29,30). The first-order valence-corrected chi connectivity index (χ1v) is 11.0. The molecule has 6 nitrogen and oxygen atoms in total. The van der Waals surface area contributed by atoms with Crippen LogP contribution < -0.4 is 15.8 Å². The molecule has 3 atom stereocenters. The monoisotopic (exact) mass is 431 g/mol. The first-order chi connectivity index (χ1) is 15.6. The number of nitrogens with zero attached hydrogens (tertiary/aromatic N) is 3. The van der Waals surface area contributed by atoms with E-state index in [1.165, 1.54) is 12.1 Å². The topological polar surface area (TPSA) is 77.5 Å². The molecular weight excluding hydrogens is 405 g/mol. The van der Waals surface area contributed by atoms with Crippen LogP contribution in [0.3, 0.4) is 0 Å².